The van der Waals surface area contributed by atoms with E-state index in [1.165, 1.54) is 0 Å². The predicted molar refractivity (Wildman–Crippen MR) is 70.8 cm³/mol. The van der Waals surface area contributed by atoms with Gasteiger partial charge in [-0.3, -0.25) is 9.55 Å². The summed E-state index contributed by atoms with van der Waals surface area (Å²) < 4.78 is 4.48. The number of fused-ring (bicyclic) bond motifs is 1. The molecule has 3 aromatic heterocycles. The number of halogens is 1. The molecular weight excluding hydrogens is 296 g/mol. The Hall–Kier alpha value is -1.73. The van der Waals surface area contributed by atoms with Crippen LogP contribution in [0, 0.1) is 0 Å². The Balaban J connectivity index is 2.25. The Bertz CT molecular complexity index is 699. The Morgan fingerprint density at radius 3 is 2.67 bits per heavy atom. The first-order valence-corrected chi connectivity index (χ1v) is 6.22. The van der Waals surface area contributed by atoms with Crippen molar-refractivity contribution in [2.75, 3.05) is 0 Å². The zero-order valence-corrected chi connectivity index (χ0v) is 11.3. The van der Waals surface area contributed by atoms with E-state index in [9.17, 15) is 0 Å². The van der Waals surface area contributed by atoms with Crippen LogP contribution in [0.1, 0.15) is 5.69 Å². The molecule has 0 radical (unpaired) electrons. The molecule has 6 nitrogen and oxygen atoms in total. The molecule has 0 saturated heterocycles. The SMILES string of the molecule is Cn1c(-c2ccncc2)nn2c(Br)c(CN)nc12. The van der Waals surface area contributed by atoms with E-state index in [-0.39, 0.29) is 0 Å². The number of pyridine rings is 1. The maximum absolute atomic E-state index is 5.62. The van der Waals surface area contributed by atoms with Gasteiger partial charge in [-0.2, -0.15) is 4.52 Å². The van der Waals surface area contributed by atoms with Crippen molar-refractivity contribution in [2.45, 2.75) is 6.54 Å². The summed E-state index contributed by atoms with van der Waals surface area (Å²) in [7, 11) is 1.93. The van der Waals surface area contributed by atoms with Crippen molar-refractivity contribution in [1.82, 2.24) is 24.1 Å². The van der Waals surface area contributed by atoms with Crippen molar-refractivity contribution in [3.8, 4) is 11.4 Å². The van der Waals surface area contributed by atoms with Crippen molar-refractivity contribution in [3.63, 3.8) is 0 Å². The molecule has 0 fully saturated rings. The minimum Gasteiger partial charge on any atom is -0.325 e. The van der Waals surface area contributed by atoms with Gasteiger partial charge in [0, 0.05) is 31.5 Å². The van der Waals surface area contributed by atoms with Crippen molar-refractivity contribution in [3.05, 3.63) is 34.8 Å². The lowest BCUT2D eigenvalue weighted by molar-refractivity contribution is 0.915. The van der Waals surface area contributed by atoms with Gasteiger partial charge < -0.3 is 5.73 Å². The van der Waals surface area contributed by atoms with Crippen LogP contribution in [-0.2, 0) is 13.6 Å². The first-order valence-electron chi connectivity index (χ1n) is 5.42. The molecule has 0 bridgehead atoms. The van der Waals surface area contributed by atoms with E-state index >= 15 is 0 Å². The lowest BCUT2D eigenvalue weighted by Gasteiger charge is -1.99. The van der Waals surface area contributed by atoms with E-state index in [2.05, 4.69) is 31.0 Å². The Morgan fingerprint density at radius 2 is 2.06 bits per heavy atom. The van der Waals surface area contributed by atoms with Gasteiger partial charge in [-0.25, -0.2) is 4.98 Å². The molecule has 0 aliphatic carbocycles. The fourth-order valence-electron chi connectivity index (χ4n) is 1.87. The van der Waals surface area contributed by atoms with Crippen LogP contribution in [0.5, 0.6) is 0 Å². The van der Waals surface area contributed by atoms with Crippen molar-refractivity contribution in [2.24, 2.45) is 12.8 Å². The van der Waals surface area contributed by atoms with Crippen LogP contribution >= 0.6 is 15.9 Å². The van der Waals surface area contributed by atoms with Gasteiger partial charge in [0.25, 0.3) is 0 Å². The molecule has 0 atom stereocenters. The zero-order valence-electron chi connectivity index (χ0n) is 9.71. The summed E-state index contributed by atoms with van der Waals surface area (Å²) in [6.45, 7) is 0.383. The molecule has 0 amide bonds. The monoisotopic (exact) mass is 306 g/mol. The minimum absolute atomic E-state index is 0.383. The molecule has 92 valence electrons. The summed E-state index contributed by atoms with van der Waals surface area (Å²) in [6, 6.07) is 3.83. The highest BCUT2D eigenvalue weighted by atomic mass is 79.9. The van der Waals surface area contributed by atoms with Gasteiger partial charge in [-0.05, 0) is 28.1 Å². The molecule has 3 heterocycles. The summed E-state index contributed by atoms with van der Waals surface area (Å²) in [6.07, 6.45) is 3.49. The maximum Gasteiger partial charge on any atom is 0.233 e. The molecule has 0 aliphatic heterocycles. The molecule has 0 saturated carbocycles. The van der Waals surface area contributed by atoms with Crippen LogP contribution in [0.4, 0.5) is 0 Å². The quantitative estimate of drug-likeness (QED) is 0.775. The fourth-order valence-corrected chi connectivity index (χ4v) is 2.36. The van der Waals surface area contributed by atoms with Crippen LogP contribution in [0.3, 0.4) is 0 Å². The second kappa shape index (κ2) is 4.18. The van der Waals surface area contributed by atoms with Crippen LogP contribution in [-0.4, -0.2) is 24.1 Å². The van der Waals surface area contributed by atoms with Gasteiger partial charge in [0.2, 0.25) is 5.78 Å². The molecule has 7 heteroatoms. The lowest BCUT2D eigenvalue weighted by Crippen LogP contribution is -1.99. The van der Waals surface area contributed by atoms with E-state index in [1.807, 2.05) is 23.7 Å². The smallest absolute Gasteiger partial charge is 0.233 e. The highest BCUT2D eigenvalue weighted by Crippen LogP contribution is 2.23. The normalized spacial score (nSPS) is 11.3. The third-order valence-electron chi connectivity index (χ3n) is 2.79. The molecule has 0 unspecified atom stereocenters. The maximum atomic E-state index is 5.62. The van der Waals surface area contributed by atoms with Crippen molar-refractivity contribution >= 4 is 21.7 Å². The predicted octanol–water partition coefficient (Wildman–Crippen LogP) is 1.35. The lowest BCUT2D eigenvalue weighted by atomic mass is 10.2. The largest absolute Gasteiger partial charge is 0.325 e. The average molecular weight is 307 g/mol. The van der Waals surface area contributed by atoms with Gasteiger partial charge in [-0.1, -0.05) is 0 Å². The number of hydrogen-bond acceptors (Lipinski definition) is 4. The summed E-state index contributed by atoms with van der Waals surface area (Å²) in [4.78, 5) is 8.45. The molecule has 3 rings (SSSR count). The van der Waals surface area contributed by atoms with E-state index in [1.54, 1.807) is 16.9 Å². The van der Waals surface area contributed by atoms with Gasteiger partial charge in [0.1, 0.15) is 4.60 Å². The second-order valence-electron chi connectivity index (χ2n) is 3.88. The first-order chi connectivity index (χ1) is 8.72. The van der Waals surface area contributed by atoms with Gasteiger partial charge >= 0.3 is 0 Å². The van der Waals surface area contributed by atoms with E-state index < -0.39 is 0 Å². The zero-order chi connectivity index (χ0) is 12.7. The highest BCUT2D eigenvalue weighted by molar-refractivity contribution is 9.10. The summed E-state index contributed by atoms with van der Waals surface area (Å²) >= 11 is 3.46. The molecular formula is C11H11BrN6. The molecule has 3 aromatic rings. The van der Waals surface area contributed by atoms with E-state index in [4.69, 9.17) is 5.73 Å². The number of rotatable bonds is 2. The fraction of sp³-hybridized carbons (Fsp3) is 0.182. The molecule has 0 aliphatic rings. The Labute approximate surface area is 112 Å². The standard InChI is InChI=1S/C11H11BrN6/c1-17-10(7-2-4-14-5-3-7)16-18-9(12)8(6-13)15-11(17)18/h2-5H,6,13H2,1H3. The topological polar surface area (TPSA) is 74.0 Å². The summed E-state index contributed by atoms with van der Waals surface area (Å²) in [5.41, 5.74) is 7.42. The molecule has 0 aromatic carbocycles. The third-order valence-corrected chi connectivity index (χ3v) is 3.59. The molecule has 0 spiro atoms. The number of nitrogens with zero attached hydrogens (tertiary/aromatic N) is 5. The van der Waals surface area contributed by atoms with Crippen molar-refractivity contribution in [1.29, 1.82) is 0 Å². The summed E-state index contributed by atoms with van der Waals surface area (Å²) in [5.74, 6) is 1.60. The van der Waals surface area contributed by atoms with Gasteiger partial charge in [-0.15, -0.1) is 5.10 Å². The van der Waals surface area contributed by atoms with Crippen LogP contribution in [0.15, 0.2) is 29.1 Å². The van der Waals surface area contributed by atoms with Crippen LogP contribution in [0.25, 0.3) is 17.2 Å². The minimum atomic E-state index is 0.383. The number of nitrogens with two attached hydrogens (primary N) is 1. The highest BCUT2D eigenvalue weighted by Gasteiger charge is 2.16. The number of imidazole rings is 1. The molecule has 2 N–H and O–H groups in total. The van der Waals surface area contributed by atoms with Crippen molar-refractivity contribution < 1.29 is 0 Å². The number of hydrogen-bond donors (Lipinski definition) is 1. The van der Waals surface area contributed by atoms with Gasteiger partial charge in [0.05, 0.1) is 5.69 Å². The van der Waals surface area contributed by atoms with Crippen LogP contribution < -0.4 is 5.73 Å². The first kappa shape index (κ1) is 11.4. The Morgan fingerprint density at radius 1 is 1.33 bits per heavy atom. The van der Waals surface area contributed by atoms with E-state index in [0.717, 1.165) is 27.5 Å². The van der Waals surface area contributed by atoms with E-state index in [0.29, 0.717) is 6.54 Å². The third kappa shape index (κ3) is 1.55. The second-order valence-corrected chi connectivity index (χ2v) is 4.63. The Kier molecular flexibility index (Phi) is 2.64. The van der Waals surface area contributed by atoms with Gasteiger partial charge in [0.15, 0.2) is 5.82 Å². The number of aryl methyl sites for hydroxylation is 1. The molecule has 18 heavy (non-hydrogen) atoms. The number of aromatic nitrogens is 5. The summed E-state index contributed by atoms with van der Waals surface area (Å²) in [5, 5.41) is 4.54. The van der Waals surface area contributed by atoms with Crippen LogP contribution in [0.2, 0.25) is 0 Å². The average Bonchev–Trinajstić information content (AvgIpc) is 2.89.